The minimum absolute atomic E-state index is 0.00548. The number of aryl methyl sites for hydroxylation is 1. The lowest BCUT2D eigenvalue weighted by Crippen LogP contribution is -2.50. The summed E-state index contributed by atoms with van der Waals surface area (Å²) in [6.07, 6.45) is 6.59. The third-order valence-electron chi connectivity index (χ3n) is 4.68. The number of carbonyl (C=O) groups is 1. The van der Waals surface area contributed by atoms with Gasteiger partial charge in [-0.1, -0.05) is 0 Å². The standard InChI is InChI=1S/C18H20N8O2/c1-14-10-17(27)26(13-20-14)11-18(28)24-8-6-23(7-9-24)15-2-3-16(22-21-15)25-5-4-19-12-25/h2-5,10,12-13H,6-9,11H2,1H3. The first-order chi connectivity index (χ1) is 13.6. The smallest absolute Gasteiger partial charge is 0.253 e. The molecule has 4 heterocycles. The van der Waals surface area contributed by atoms with Crippen LogP contribution in [0.1, 0.15) is 5.69 Å². The molecule has 1 aliphatic heterocycles. The highest BCUT2D eigenvalue weighted by molar-refractivity contribution is 5.76. The number of carbonyl (C=O) groups excluding carboxylic acids is 1. The minimum atomic E-state index is -0.215. The maximum atomic E-state index is 12.5. The fraction of sp³-hybridized carbons (Fsp3) is 0.333. The number of nitrogens with zero attached hydrogens (tertiary/aromatic N) is 8. The van der Waals surface area contributed by atoms with Crippen LogP contribution in [0.25, 0.3) is 5.82 Å². The van der Waals surface area contributed by atoms with Crippen LogP contribution in [0.2, 0.25) is 0 Å². The largest absolute Gasteiger partial charge is 0.352 e. The van der Waals surface area contributed by atoms with Gasteiger partial charge in [-0.15, -0.1) is 10.2 Å². The maximum Gasteiger partial charge on any atom is 0.253 e. The molecule has 144 valence electrons. The molecule has 0 aromatic carbocycles. The Balaban J connectivity index is 1.35. The molecule has 0 saturated carbocycles. The van der Waals surface area contributed by atoms with E-state index >= 15 is 0 Å². The molecule has 3 aromatic rings. The number of hydrogen-bond acceptors (Lipinski definition) is 7. The van der Waals surface area contributed by atoms with Crippen LogP contribution in [0.5, 0.6) is 0 Å². The third kappa shape index (κ3) is 3.75. The molecular formula is C18H20N8O2. The van der Waals surface area contributed by atoms with E-state index in [0.29, 0.717) is 37.7 Å². The summed E-state index contributed by atoms with van der Waals surface area (Å²) >= 11 is 0. The molecule has 1 fully saturated rings. The molecule has 0 N–H and O–H groups in total. The highest BCUT2D eigenvalue weighted by Gasteiger charge is 2.22. The van der Waals surface area contributed by atoms with E-state index in [2.05, 4.69) is 25.1 Å². The predicted molar refractivity (Wildman–Crippen MR) is 101 cm³/mol. The number of anilines is 1. The number of amides is 1. The van der Waals surface area contributed by atoms with Crippen LogP contribution in [-0.4, -0.2) is 66.3 Å². The first-order valence-electron chi connectivity index (χ1n) is 8.98. The monoisotopic (exact) mass is 380 g/mol. The van der Waals surface area contributed by atoms with Gasteiger partial charge in [0, 0.05) is 50.3 Å². The number of hydrogen-bond donors (Lipinski definition) is 0. The van der Waals surface area contributed by atoms with Gasteiger partial charge in [-0.2, -0.15) is 0 Å². The van der Waals surface area contributed by atoms with Crippen molar-refractivity contribution in [2.75, 3.05) is 31.1 Å². The van der Waals surface area contributed by atoms with Crippen molar-refractivity contribution in [3.63, 3.8) is 0 Å². The van der Waals surface area contributed by atoms with Crippen molar-refractivity contribution < 1.29 is 4.79 Å². The van der Waals surface area contributed by atoms with Gasteiger partial charge in [0.05, 0.1) is 6.33 Å². The van der Waals surface area contributed by atoms with Crippen molar-refractivity contribution >= 4 is 11.7 Å². The summed E-state index contributed by atoms with van der Waals surface area (Å²) in [5.74, 6) is 1.39. The Morgan fingerprint density at radius 2 is 1.82 bits per heavy atom. The highest BCUT2D eigenvalue weighted by Crippen LogP contribution is 2.14. The van der Waals surface area contributed by atoms with E-state index in [4.69, 9.17) is 0 Å². The number of aromatic nitrogens is 6. The minimum Gasteiger partial charge on any atom is -0.352 e. The fourth-order valence-electron chi connectivity index (χ4n) is 3.09. The second-order valence-electron chi connectivity index (χ2n) is 6.58. The van der Waals surface area contributed by atoms with Crippen LogP contribution < -0.4 is 10.5 Å². The van der Waals surface area contributed by atoms with E-state index in [1.807, 2.05) is 18.3 Å². The van der Waals surface area contributed by atoms with Gasteiger partial charge in [0.25, 0.3) is 5.56 Å². The molecule has 0 bridgehead atoms. The van der Waals surface area contributed by atoms with Crippen LogP contribution in [-0.2, 0) is 11.3 Å². The van der Waals surface area contributed by atoms with Crippen LogP contribution >= 0.6 is 0 Å². The van der Waals surface area contributed by atoms with Gasteiger partial charge in [-0.05, 0) is 19.1 Å². The van der Waals surface area contributed by atoms with Gasteiger partial charge in [-0.25, -0.2) is 9.97 Å². The van der Waals surface area contributed by atoms with Crippen LogP contribution in [0, 0.1) is 6.92 Å². The van der Waals surface area contributed by atoms with Gasteiger partial charge in [0.1, 0.15) is 12.9 Å². The Hall–Kier alpha value is -3.56. The van der Waals surface area contributed by atoms with Crippen molar-refractivity contribution in [3.05, 3.63) is 59.3 Å². The van der Waals surface area contributed by atoms with E-state index in [1.54, 1.807) is 28.9 Å². The zero-order chi connectivity index (χ0) is 19.5. The van der Waals surface area contributed by atoms with Gasteiger partial charge in [0.15, 0.2) is 11.6 Å². The van der Waals surface area contributed by atoms with E-state index in [9.17, 15) is 9.59 Å². The van der Waals surface area contributed by atoms with Crippen molar-refractivity contribution in [2.24, 2.45) is 0 Å². The lowest BCUT2D eigenvalue weighted by molar-refractivity contribution is -0.132. The summed E-state index contributed by atoms with van der Waals surface area (Å²) < 4.78 is 3.12. The van der Waals surface area contributed by atoms with Gasteiger partial charge in [-0.3, -0.25) is 18.7 Å². The van der Waals surface area contributed by atoms with E-state index in [0.717, 1.165) is 5.82 Å². The molecule has 1 amide bonds. The summed E-state index contributed by atoms with van der Waals surface area (Å²) in [4.78, 5) is 36.4. The summed E-state index contributed by atoms with van der Waals surface area (Å²) in [5, 5.41) is 8.51. The average Bonchev–Trinajstić information content (AvgIpc) is 3.25. The zero-order valence-electron chi connectivity index (χ0n) is 15.5. The second-order valence-corrected chi connectivity index (χ2v) is 6.58. The summed E-state index contributed by atoms with van der Waals surface area (Å²) in [5.41, 5.74) is 0.426. The maximum absolute atomic E-state index is 12.5. The van der Waals surface area contributed by atoms with Crippen LogP contribution in [0.3, 0.4) is 0 Å². The lowest BCUT2D eigenvalue weighted by Gasteiger charge is -2.35. The zero-order valence-corrected chi connectivity index (χ0v) is 15.5. The van der Waals surface area contributed by atoms with Gasteiger partial charge < -0.3 is 9.80 Å². The molecule has 28 heavy (non-hydrogen) atoms. The lowest BCUT2D eigenvalue weighted by atomic mass is 10.3. The van der Waals surface area contributed by atoms with Crippen LogP contribution in [0.4, 0.5) is 5.82 Å². The Labute approximate surface area is 161 Å². The molecule has 0 radical (unpaired) electrons. The molecule has 0 unspecified atom stereocenters. The van der Waals surface area contributed by atoms with Gasteiger partial charge >= 0.3 is 0 Å². The van der Waals surface area contributed by atoms with Crippen molar-refractivity contribution in [1.82, 2.24) is 34.2 Å². The number of rotatable bonds is 4. The summed E-state index contributed by atoms with van der Waals surface area (Å²) in [6, 6.07) is 5.23. The van der Waals surface area contributed by atoms with Crippen molar-refractivity contribution in [1.29, 1.82) is 0 Å². The average molecular weight is 380 g/mol. The van der Waals surface area contributed by atoms with Crippen molar-refractivity contribution in [3.8, 4) is 5.82 Å². The molecule has 0 atom stereocenters. The summed E-state index contributed by atoms with van der Waals surface area (Å²) in [7, 11) is 0. The third-order valence-corrected chi connectivity index (χ3v) is 4.68. The van der Waals surface area contributed by atoms with Crippen molar-refractivity contribution in [2.45, 2.75) is 13.5 Å². The topological polar surface area (TPSA) is 102 Å². The van der Waals surface area contributed by atoms with E-state index in [-0.39, 0.29) is 18.0 Å². The molecule has 10 heteroatoms. The molecule has 4 rings (SSSR count). The molecule has 1 saturated heterocycles. The van der Waals surface area contributed by atoms with E-state index < -0.39 is 0 Å². The molecule has 0 spiro atoms. The Morgan fingerprint density at radius 3 is 2.46 bits per heavy atom. The number of imidazole rings is 1. The molecule has 1 aliphatic rings. The quantitative estimate of drug-likeness (QED) is 0.622. The fourth-order valence-corrected chi connectivity index (χ4v) is 3.09. The Bertz CT molecular complexity index is 1000. The van der Waals surface area contributed by atoms with E-state index in [1.165, 1.54) is 17.0 Å². The molecule has 3 aromatic heterocycles. The highest BCUT2D eigenvalue weighted by atomic mass is 16.2. The molecular weight excluding hydrogens is 360 g/mol. The second kappa shape index (κ2) is 7.59. The first kappa shape index (κ1) is 17.8. The normalized spacial score (nSPS) is 14.3. The van der Waals surface area contributed by atoms with Gasteiger partial charge in [0.2, 0.25) is 5.91 Å². The van der Waals surface area contributed by atoms with Crippen LogP contribution in [0.15, 0.2) is 48.0 Å². The number of piperazine rings is 1. The molecule has 0 aliphatic carbocycles. The molecule has 10 nitrogen and oxygen atoms in total. The Morgan fingerprint density at radius 1 is 1.07 bits per heavy atom. The SMILES string of the molecule is Cc1cc(=O)n(CC(=O)N2CCN(c3ccc(-n4ccnc4)nn3)CC2)cn1. The Kier molecular flexibility index (Phi) is 4.83. The predicted octanol–water partition coefficient (Wildman–Crippen LogP) is -0.124. The summed E-state index contributed by atoms with van der Waals surface area (Å²) in [6.45, 7) is 4.20. The first-order valence-corrected chi connectivity index (χ1v) is 8.98.